The maximum atomic E-state index is 12.7. The molecule has 0 saturated carbocycles. The molecular weight excluding hydrogens is 494 g/mol. The molecule has 0 aliphatic carbocycles. The summed E-state index contributed by atoms with van der Waals surface area (Å²) < 4.78 is 11.9. The van der Waals surface area contributed by atoms with Gasteiger partial charge in [-0.25, -0.2) is 0 Å². The van der Waals surface area contributed by atoms with Crippen molar-refractivity contribution in [1.29, 1.82) is 5.26 Å². The highest BCUT2D eigenvalue weighted by Crippen LogP contribution is 2.35. The number of rotatable bonds is 11. The number of ether oxygens (including phenoxy) is 2. The fourth-order valence-corrected chi connectivity index (χ4v) is 3.57. The number of non-ortho nitro benzene ring substituents is 1. The predicted octanol–water partition coefficient (Wildman–Crippen LogP) is 6.50. The van der Waals surface area contributed by atoms with Gasteiger partial charge in [0.25, 0.3) is 11.6 Å². The molecule has 0 saturated heterocycles. The quantitative estimate of drug-likeness (QED) is 0.102. The monoisotopic (exact) mass is 517 g/mol. The maximum Gasteiger partial charge on any atom is 0.271 e. The van der Waals surface area contributed by atoms with Crippen LogP contribution in [0.2, 0.25) is 5.02 Å². The van der Waals surface area contributed by atoms with Crippen LogP contribution in [-0.4, -0.2) is 17.4 Å². The van der Waals surface area contributed by atoms with Gasteiger partial charge in [-0.15, -0.1) is 6.58 Å². The normalized spacial score (nSPS) is 10.8. The average Bonchev–Trinajstić information content (AvgIpc) is 2.88. The van der Waals surface area contributed by atoms with E-state index in [1.54, 1.807) is 30.3 Å². The number of hydrogen-bond donors (Lipinski definition) is 1. The van der Waals surface area contributed by atoms with Gasteiger partial charge in [0.2, 0.25) is 0 Å². The smallest absolute Gasteiger partial charge is 0.271 e. The number of nitriles is 1. The molecule has 1 N–H and O–H groups in total. The minimum absolute atomic E-state index is 0.176. The Labute approximate surface area is 219 Å². The lowest BCUT2D eigenvalue weighted by Crippen LogP contribution is -2.13. The molecule has 0 aliphatic heterocycles. The zero-order valence-electron chi connectivity index (χ0n) is 20.1. The van der Waals surface area contributed by atoms with Crippen LogP contribution in [0, 0.1) is 21.4 Å². The topological polar surface area (TPSA) is 114 Å². The molecule has 3 aromatic rings. The summed E-state index contributed by atoms with van der Waals surface area (Å²) in [6, 6.07) is 18.1. The van der Waals surface area contributed by atoms with Gasteiger partial charge in [0.05, 0.1) is 11.5 Å². The number of nitrogens with one attached hydrogen (secondary N) is 1. The van der Waals surface area contributed by atoms with Crippen molar-refractivity contribution in [3.05, 3.63) is 111 Å². The van der Waals surface area contributed by atoms with E-state index in [2.05, 4.69) is 11.9 Å². The van der Waals surface area contributed by atoms with Crippen molar-refractivity contribution < 1.29 is 19.2 Å². The van der Waals surface area contributed by atoms with E-state index in [1.807, 2.05) is 25.1 Å². The summed E-state index contributed by atoms with van der Waals surface area (Å²) in [4.78, 5) is 23.2. The van der Waals surface area contributed by atoms with E-state index in [0.29, 0.717) is 35.1 Å². The van der Waals surface area contributed by atoms with Gasteiger partial charge in [0, 0.05) is 28.4 Å². The van der Waals surface area contributed by atoms with Gasteiger partial charge in [-0.3, -0.25) is 14.9 Å². The first-order valence-electron chi connectivity index (χ1n) is 11.3. The third-order valence-corrected chi connectivity index (χ3v) is 5.36. The van der Waals surface area contributed by atoms with Crippen molar-refractivity contribution in [2.45, 2.75) is 20.0 Å². The summed E-state index contributed by atoms with van der Waals surface area (Å²) in [6.45, 7) is 6.31. The van der Waals surface area contributed by atoms with Crippen LogP contribution in [0.5, 0.6) is 11.5 Å². The van der Waals surface area contributed by atoms with Gasteiger partial charge < -0.3 is 14.8 Å². The molecule has 0 heterocycles. The average molecular weight is 518 g/mol. The second-order valence-electron chi connectivity index (χ2n) is 7.78. The van der Waals surface area contributed by atoms with Gasteiger partial charge in [0.15, 0.2) is 11.5 Å². The molecule has 1 amide bonds. The lowest BCUT2D eigenvalue weighted by atomic mass is 10.0. The first-order chi connectivity index (χ1) is 17.8. The molecule has 0 spiro atoms. The Morgan fingerprint density at radius 1 is 1.19 bits per heavy atom. The van der Waals surface area contributed by atoms with E-state index in [4.69, 9.17) is 21.1 Å². The molecule has 0 unspecified atom stereocenters. The molecule has 3 aromatic carbocycles. The molecule has 0 fully saturated rings. The number of benzene rings is 3. The summed E-state index contributed by atoms with van der Waals surface area (Å²) in [5.41, 5.74) is 2.07. The fourth-order valence-electron chi connectivity index (χ4n) is 3.45. The van der Waals surface area contributed by atoms with Crippen LogP contribution in [-0.2, 0) is 17.8 Å². The Hall–Kier alpha value is -4.61. The molecule has 0 bridgehead atoms. The highest BCUT2D eigenvalue weighted by molar-refractivity contribution is 6.30. The molecule has 8 nitrogen and oxygen atoms in total. The fraction of sp³-hybridized carbons (Fsp3) is 0.143. The van der Waals surface area contributed by atoms with E-state index >= 15 is 0 Å². The van der Waals surface area contributed by atoms with Gasteiger partial charge in [-0.05, 0) is 60.9 Å². The van der Waals surface area contributed by atoms with Crippen molar-refractivity contribution >= 4 is 35.0 Å². The zero-order valence-corrected chi connectivity index (χ0v) is 20.8. The predicted molar refractivity (Wildman–Crippen MR) is 143 cm³/mol. The van der Waals surface area contributed by atoms with Crippen molar-refractivity contribution in [1.82, 2.24) is 0 Å². The van der Waals surface area contributed by atoms with Crippen molar-refractivity contribution in [2.24, 2.45) is 0 Å². The minimum atomic E-state index is -0.700. The Bertz CT molecular complexity index is 1380. The molecule has 188 valence electrons. The van der Waals surface area contributed by atoms with Crippen molar-refractivity contribution in [3.8, 4) is 17.6 Å². The third kappa shape index (κ3) is 7.43. The second kappa shape index (κ2) is 12.9. The summed E-state index contributed by atoms with van der Waals surface area (Å²) in [7, 11) is 0. The largest absolute Gasteiger partial charge is 0.490 e. The van der Waals surface area contributed by atoms with Crippen LogP contribution < -0.4 is 14.8 Å². The molecule has 0 atom stereocenters. The van der Waals surface area contributed by atoms with Crippen molar-refractivity contribution in [3.63, 3.8) is 0 Å². The van der Waals surface area contributed by atoms with Gasteiger partial charge >= 0.3 is 0 Å². The van der Waals surface area contributed by atoms with Crippen LogP contribution in [0.4, 0.5) is 11.4 Å². The molecule has 0 radical (unpaired) electrons. The molecule has 0 aliphatic rings. The van der Waals surface area contributed by atoms with Crippen LogP contribution in [0.25, 0.3) is 6.08 Å². The molecule has 0 aromatic heterocycles. The second-order valence-corrected chi connectivity index (χ2v) is 8.22. The minimum Gasteiger partial charge on any atom is -0.490 e. The van der Waals surface area contributed by atoms with E-state index < -0.39 is 10.8 Å². The molecule has 9 heteroatoms. The number of carbonyl (C=O) groups excluding carboxylic acids is 1. The van der Waals surface area contributed by atoms with Gasteiger partial charge in [-0.2, -0.15) is 5.26 Å². The maximum absolute atomic E-state index is 12.7. The molecule has 3 rings (SSSR count). The SMILES string of the molecule is C=CCc1cc(/C=C(\C#N)C(=O)Nc2cccc([N+](=O)[O-])c2)cc(OCC)c1OCc1ccc(Cl)cc1. The van der Waals surface area contributed by atoms with Crippen LogP contribution >= 0.6 is 11.6 Å². The van der Waals surface area contributed by atoms with Gasteiger partial charge in [0.1, 0.15) is 18.2 Å². The Morgan fingerprint density at radius 3 is 2.59 bits per heavy atom. The number of nitro benzene ring substituents is 1. The number of halogens is 1. The lowest BCUT2D eigenvalue weighted by Gasteiger charge is -2.17. The number of hydrogen-bond acceptors (Lipinski definition) is 6. The molecular formula is C28H24ClN3O5. The van der Waals surface area contributed by atoms with Crippen molar-refractivity contribution in [2.75, 3.05) is 11.9 Å². The first kappa shape index (κ1) is 27.0. The lowest BCUT2D eigenvalue weighted by molar-refractivity contribution is -0.384. The van der Waals surface area contributed by atoms with Crippen LogP contribution in [0.3, 0.4) is 0 Å². The highest BCUT2D eigenvalue weighted by atomic mass is 35.5. The molecule has 37 heavy (non-hydrogen) atoms. The van der Waals surface area contributed by atoms with E-state index in [0.717, 1.165) is 11.1 Å². The summed E-state index contributed by atoms with van der Waals surface area (Å²) in [5, 5.41) is 23.8. The highest BCUT2D eigenvalue weighted by Gasteiger charge is 2.16. The van der Waals surface area contributed by atoms with E-state index in [9.17, 15) is 20.2 Å². The summed E-state index contributed by atoms with van der Waals surface area (Å²) >= 11 is 5.96. The first-order valence-corrected chi connectivity index (χ1v) is 11.7. The van der Waals surface area contributed by atoms with Gasteiger partial charge in [-0.1, -0.05) is 35.9 Å². The standard InChI is InChI=1S/C28H24ClN3O5/c1-3-6-21-13-20(14-22(17-30)28(33)31-24-7-5-8-25(16-24)32(34)35)15-26(36-4-2)27(21)37-18-19-9-11-23(29)12-10-19/h3,5,7-16H,1,4,6,18H2,2H3,(H,31,33)/b22-14+. The Morgan fingerprint density at radius 2 is 1.95 bits per heavy atom. The third-order valence-electron chi connectivity index (χ3n) is 5.11. The van der Waals surface area contributed by atoms with E-state index in [-0.39, 0.29) is 23.6 Å². The zero-order chi connectivity index (χ0) is 26.8. The number of allylic oxidation sites excluding steroid dienone is 1. The number of anilines is 1. The number of amides is 1. The summed E-state index contributed by atoms with van der Waals surface area (Å²) in [6.07, 6.45) is 3.60. The number of carbonyl (C=O) groups is 1. The summed E-state index contributed by atoms with van der Waals surface area (Å²) in [5.74, 6) is 0.293. The number of nitrogens with zero attached hydrogens (tertiary/aromatic N) is 2. The van der Waals surface area contributed by atoms with Crippen LogP contribution in [0.15, 0.2) is 78.9 Å². The Balaban J connectivity index is 1.92. The number of nitro groups is 1. The van der Waals surface area contributed by atoms with E-state index in [1.165, 1.54) is 30.3 Å². The van der Waals surface area contributed by atoms with Crippen LogP contribution in [0.1, 0.15) is 23.6 Å². The Kier molecular flexibility index (Phi) is 9.41.